The van der Waals surface area contributed by atoms with Crippen LogP contribution in [-0.2, 0) is 4.79 Å². The summed E-state index contributed by atoms with van der Waals surface area (Å²) in [5.41, 5.74) is 0.746. The molecular formula is C13H18N4O. The molecule has 0 aliphatic carbocycles. The highest BCUT2D eigenvalue weighted by molar-refractivity contribution is 5.90. The lowest BCUT2D eigenvalue weighted by Crippen LogP contribution is -2.29. The van der Waals surface area contributed by atoms with Crippen LogP contribution in [0.25, 0.3) is 0 Å². The zero-order valence-corrected chi connectivity index (χ0v) is 10.4. The molecule has 0 spiro atoms. The van der Waals surface area contributed by atoms with E-state index in [1.54, 1.807) is 6.20 Å². The second-order valence-electron chi connectivity index (χ2n) is 4.44. The van der Waals surface area contributed by atoms with Gasteiger partial charge in [-0.25, -0.2) is 0 Å². The summed E-state index contributed by atoms with van der Waals surface area (Å²) in [5.74, 6) is 2.40. The minimum Gasteiger partial charge on any atom is -0.323 e. The van der Waals surface area contributed by atoms with Crippen molar-refractivity contribution in [2.24, 2.45) is 0 Å². The van der Waals surface area contributed by atoms with Gasteiger partial charge in [-0.3, -0.25) is 9.48 Å². The van der Waals surface area contributed by atoms with Gasteiger partial charge in [0.05, 0.1) is 17.9 Å². The fourth-order valence-electron chi connectivity index (χ4n) is 2.08. The van der Waals surface area contributed by atoms with E-state index in [1.807, 2.05) is 10.9 Å². The van der Waals surface area contributed by atoms with E-state index in [-0.39, 0.29) is 5.91 Å². The first kappa shape index (κ1) is 12.7. The summed E-state index contributed by atoms with van der Waals surface area (Å²) >= 11 is 0. The molecule has 5 heteroatoms. The Hall–Kier alpha value is -1.80. The summed E-state index contributed by atoms with van der Waals surface area (Å²) in [7, 11) is 0. The smallest absolute Gasteiger partial charge is 0.225 e. The largest absolute Gasteiger partial charge is 0.323 e. The highest BCUT2D eigenvalue weighted by Crippen LogP contribution is 2.19. The van der Waals surface area contributed by atoms with Crippen LogP contribution in [0.1, 0.15) is 31.7 Å². The Bertz CT molecular complexity index is 440. The van der Waals surface area contributed by atoms with Gasteiger partial charge in [-0.1, -0.05) is 0 Å². The van der Waals surface area contributed by atoms with Crippen LogP contribution in [0.5, 0.6) is 0 Å². The van der Waals surface area contributed by atoms with Crippen LogP contribution in [0.4, 0.5) is 5.69 Å². The number of hydrogen-bond acceptors (Lipinski definition) is 3. The molecule has 5 nitrogen and oxygen atoms in total. The maximum Gasteiger partial charge on any atom is 0.225 e. The molecule has 1 aliphatic heterocycles. The summed E-state index contributed by atoms with van der Waals surface area (Å²) in [4.78, 5) is 11.5. The number of carbonyl (C=O) groups excluding carboxylic acids is 1. The third kappa shape index (κ3) is 3.34. The van der Waals surface area contributed by atoms with Gasteiger partial charge < -0.3 is 10.6 Å². The number of nitrogens with zero attached hydrogens (tertiary/aromatic N) is 2. The van der Waals surface area contributed by atoms with Crippen LogP contribution in [0.2, 0.25) is 0 Å². The molecule has 1 aliphatic rings. The summed E-state index contributed by atoms with van der Waals surface area (Å²) in [6.45, 7) is 2.04. The molecule has 2 N–H and O–H groups in total. The van der Waals surface area contributed by atoms with Crippen molar-refractivity contribution in [2.45, 2.75) is 31.7 Å². The Morgan fingerprint density at radius 2 is 2.39 bits per heavy atom. The fourth-order valence-corrected chi connectivity index (χ4v) is 2.08. The second kappa shape index (κ2) is 6.22. The predicted molar refractivity (Wildman–Crippen MR) is 70.1 cm³/mol. The number of aromatic nitrogens is 2. The minimum absolute atomic E-state index is 0.0576. The maximum atomic E-state index is 11.5. The molecule has 1 aromatic rings. The molecule has 1 saturated heterocycles. The first-order valence-electron chi connectivity index (χ1n) is 6.28. The zero-order chi connectivity index (χ0) is 12.8. The van der Waals surface area contributed by atoms with Crippen molar-refractivity contribution >= 4 is 11.6 Å². The third-order valence-electron chi connectivity index (χ3n) is 3.06. The number of amides is 1. The van der Waals surface area contributed by atoms with Gasteiger partial charge in [0, 0.05) is 19.0 Å². The van der Waals surface area contributed by atoms with Crippen molar-refractivity contribution in [3.8, 4) is 12.3 Å². The molecule has 18 heavy (non-hydrogen) atoms. The van der Waals surface area contributed by atoms with Crippen molar-refractivity contribution < 1.29 is 4.79 Å². The van der Waals surface area contributed by atoms with Gasteiger partial charge in [0.2, 0.25) is 5.91 Å². The number of anilines is 1. The van der Waals surface area contributed by atoms with Crippen LogP contribution in [0, 0.1) is 12.3 Å². The van der Waals surface area contributed by atoms with Crippen LogP contribution in [0.15, 0.2) is 12.4 Å². The number of rotatable bonds is 4. The van der Waals surface area contributed by atoms with Crippen LogP contribution in [-0.4, -0.2) is 28.8 Å². The van der Waals surface area contributed by atoms with E-state index in [0.29, 0.717) is 18.9 Å². The van der Waals surface area contributed by atoms with Crippen molar-refractivity contribution in [2.75, 3.05) is 18.4 Å². The van der Waals surface area contributed by atoms with E-state index >= 15 is 0 Å². The SMILES string of the molecule is C#CCCC(=O)Nc1cnn(C2CCNCC2)c1. The summed E-state index contributed by atoms with van der Waals surface area (Å²) < 4.78 is 1.94. The number of nitrogens with one attached hydrogen (secondary N) is 2. The average molecular weight is 246 g/mol. The van der Waals surface area contributed by atoms with Gasteiger partial charge in [0.15, 0.2) is 0 Å². The highest BCUT2D eigenvalue weighted by Gasteiger charge is 2.15. The van der Waals surface area contributed by atoms with Crippen LogP contribution >= 0.6 is 0 Å². The summed E-state index contributed by atoms with van der Waals surface area (Å²) in [6, 6.07) is 0.433. The lowest BCUT2D eigenvalue weighted by atomic mass is 10.1. The van der Waals surface area contributed by atoms with Gasteiger partial charge in [-0.2, -0.15) is 5.10 Å². The van der Waals surface area contributed by atoms with E-state index in [1.165, 1.54) is 0 Å². The molecule has 1 aromatic heterocycles. The predicted octanol–water partition coefficient (Wildman–Crippen LogP) is 1.16. The standard InChI is InChI=1S/C13H18N4O/c1-2-3-4-13(18)16-11-9-15-17(10-11)12-5-7-14-8-6-12/h1,9-10,12,14H,3-8H2,(H,16,18). The summed E-state index contributed by atoms with van der Waals surface area (Å²) in [5, 5.41) is 10.4. The van der Waals surface area contributed by atoms with Crippen molar-refractivity contribution in [1.29, 1.82) is 0 Å². The molecule has 2 rings (SSSR count). The Labute approximate surface area is 107 Å². The Kier molecular flexibility index (Phi) is 4.37. The van der Waals surface area contributed by atoms with Crippen molar-refractivity contribution in [3.05, 3.63) is 12.4 Å². The fraction of sp³-hybridized carbons (Fsp3) is 0.538. The van der Waals surface area contributed by atoms with E-state index < -0.39 is 0 Å². The van der Waals surface area contributed by atoms with Gasteiger partial charge in [0.25, 0.3) is 0 Å². The minimum atomic E-state index is -0.0576. The van der Waals surface area contributed by atoms with E-state index in [4.69, 9.17) is 6.42 Å². The Balaban J connectivity index is 1.89. The molecule has 1 amide bonds. The molecule has 0 atom stereocenters. The van der Waals surface area contributed by atoms with E-state index in [9.17, 15) is 4.79 Å². The lowest BCUT2D eigenvalue weighted by molar-refractivity contribution is -0.116. The Morgan fingerprint density at radius 3 is 3.11 bits per heavy atom. The number of terminal acetylenes is 1. The number of carbonyl (C=O) groups is 1. The zero-order valence-electron chi connectivity index (χ0n) is 10.4. The molecule has 1 fully saturated rings. The van der Waals surface area contributed by atoms with Gasteiger partial charge in [-0.15, -0.1) is 12.3 Å². The molecule has 96 valence electrons. The monoisotopic (exact) mass is 246 g/mol. The topological polar surface area (TPSA) is 59.0 Å². The van der Waals surface area contributed by atoms with Crippen molar-refractivity contribution in [3.63, 3.8) is 0 Å². The van der Waals surface area contributed by atoms with Gasteiger partial charge in [0.1, 0.15) is 0 Å². The van der Waals surface area contributed by atoms with E-state index in [2.05, 4.69) is 21.7 Å². The van der Waals surface area contributed by atoms with E-state index in [0.717, 1.165) is 31.6 Å². The third-order valence-corrected chi connectivity index (χ3v) is 3.06. The first-order chi connectivity index (χ1) is 8.79. The quantitative estimate of drug-likeness (QED) is 0.784. The molecule has 0 aromatic carbocycles. The average Bonchev–Trinajstić information content (AvgIpc) is 2.86. The number of hydrogen-bond donors (Lipinski definition) is 2. The van der Waals surface area contributed by atoms with Gasteiger partial charge in [-0.05, 0) is 25.9 Å². The molecule has 0 radical (unpaired) electrons. The van der Waals surface area contributed by atoms with Gasteiger partial charge >= 0.3 is 0 Å². The Morgan fingerprint density at radius 1 is 1.61 bits per heavy atom. The molecule has 2 heterocycles. The first-order valence-corrected chi connectivity index (χ1v) is 6.28. The second-order valence-corrected chi connectivity index (χ2v) is 4.44. The summed E-state index contributed by atoms with van der Waals surface area (Å²) in [6.07, 6.45) is 11.7. The molecule has 0 saturated carbocycles. The lowest BCUT2D eigenvalue weighted by Gasteiger charge is -2.22. The molecular weight excluding hydrogens is 228 g/mol. The molecule has 0 bridgehead atoms. The normalized spacial score (nSPS) is 16.2. The molecule has 0 unspecified atom stereocenters. The van der Waals surface area contributed by atoms with Crippen LogP contribution in [0.3, 0.4) is 0 Å². The highest BCUT2D eigenvalue weighted by atomic mass is 16.1. The van der Waals surface area contributed by atoms with Crippen molar-refractivity contribution in [1.82, 2.24) is 15.1 Å². The maximum absolute atomic E-state index is 11.5. The van der Waals surface area contributed by atoms with Crippen LogP contribution < -0.4 is 10.6 Å². The number of piperidine rings is 1.